The molecule has 0 unspecified atom stereocenters. The number of hydrogen-bond acceptors (Lipinski definition) is 4. The second-order valence-electron chi connectivity index (χ2n) is 15.8. The molecule has 0 N–H and O–H groups in total. The second-order valence-corrected chi connectivity index (χ2v) is 25.5. The third kappa shape index (κ3) is 7.51. The van der Waals surface area contributed by atoms with Gasteiger partial charge in [-0.15, -0.1) is 0 Å². The van der Waals surface area contributed by atoms with Crippen molar-refractivity contribution in [2.75, 3.05) is 7.11 Å². The van der Waals surface area contributed by atoms with E-state index in [1.54, 1.807) is 7.11 Å². The molecule has 0 aromatic rings. The summed E-state index contributed by atoms with van der Waals surface area (Å²) in [4.78, 5) is 29.4. The smallest absolute Gasteiger partial charge is 0.192 e. The molecule has 0 saturated heterocycles. The number of allylic oxidation sites excluding steroid dienone is 6. The first-order valence-corrected chi connectivity index (χ1v) is 22.7. The summed E-state index contributed by atoms with van der Waals surface area (Å²) in [5, 5.41) is 0.858. The third-order valence-electron chi connectivity index (χ3n) is 10.6. The van der Waals surface area contributed by atoms with Crippen LogP contribution in [0.15, 0.2) is 34.3 Å². The van der Waals surface area contributed by atoms with Gasteiger partial charge >= 0.3 is 0 Å². The normalized spacial score (nSPS) is 26.8. The first-order valence-electron chi connectivity index (χ1n) is 16.6. The molecule has 240 valence electrons. The topological polar surface area (TPSA) is 52.6 Å². The van der Waals surface area contributed by atoms with Gasteiger partial charge in [-0.05, 0) is 103 Å². The average molecular weight is 617 g/mol. The number of fused-ring (bicyclic) bond motifs is 2. The van der Waals surface area contributed by atoms with E-state index in [2.05, 4.69) is 101 Å². The van der Waals surface area contributed by atoms with Crippen LogP contribution in [-0.4, -0.2) is 40.7 Å². The zero-order valence-corrected chi connectivity index (χ0v) is 31.8. The lowest BCUT2D eigenvalue weighted by molar-refractivity contribution is -0.157. The molecule has 2 aliphatic carbocycles. The molecule has 1 saturated carbocycles. The maximum absolute atomic E-state index is 14.8. The summed E-state index contributed by atoms with van der Waals surface area (Å²) in [6.07, 6.45) is 9.45. The van der Waals surface area contributed by atoms with Crippen molar-refractivity contribution in [1.29, 1.82) is 0 Å². The predicted octanol–water partition coefficient (Wildman–Crippen LogP) is 10.2. The van der Waals surface area contributed by atoms with Crippen molar-refractivity contribution < 1.29 is 18.8 Å². The Bertz CT molecular complexity index is 1070. The first-order chi connectivity index (χ1) is 19.3. The molecule has 0 aromatic heterocycles. The maximum Gasteiger partial charge on any atom is 0.192 e. The van der Waals surface area contributed by atoms with Gasteiger partial charge in [0, 0.05) is 5.20 Å². The van der Waals surface area contributed by atoms with Gasteiger partial charge in [0.2, 0.25) is 0 Å². The van der Waals surface area contributed by atoms with Gasteiger partial charge in [-0.2, -0.15) is 0 Å². The number of rotatable bonds is 15. The Hall–Kier alpha value is -1.25. The van der Waals surface area contributed by atoms with E-state index >= 15 is 0 Å². The van der Waals surface area contributed by atoms with Crippen molar-refractivity contribution >= 4 is 28.0 Å². The molecule has 42 heavy (non-hydrogen) atoms. The summed E-state index contributed by atoms with van der Waals surface area (Å²) in [6, 6.07) is 3.41. The van der Waals surface area contributed by atoms with Crippen LogP contribution in [0.25, 0.3) is 0 Å². The minimum atomic E-state index is -2.12. The highest BCUT2D eigenvalue weighted by Crippen LogP contribution is 2.62. The van der Waals surface area contributed by atoms with Crippen LogP contribution in [0, 0.1) is 22.7 Å². The zero-order chi connectivity index (χ0) is 32.3. The number of Topliss-reactive ketones (excluding diaryl/α,β-unsaturated/α-hetero) is 2. The Morgan fingerprint density at radius 1 is 0.976 bits per heavy atom. The van der Waals surface area contributed by atoms with Gasteiger partial charge in [0.05, 0.1) is 32.1 Å². The lowest BCUT2D eigenvalue weighted by Gasteiger charge is -2.57. The monoisotopic (exact) mass is 616 g/mol. The molecule has 1 fully saturated rings. The van der Waals surface area contributed by atoms with Crippen LogP contribution in [0.3, 0.4) is 0 Å². The molecule has 2 rings (SSSR count). The number of ether oxygens (including phenoxy) is 1. The van der Waals surface area contributed by atoms with Crippen LogP contribution in [0.2, 0.25) is 37.8 Å². The largest absolute Gasteiger partial charge is 0.500 e. The molecular weight excluding hydrogens is 553 g/mol. The molecule has 4 nitrogen and oxygen atoms in total. The zero-order valence-electron chi connectivity index (χ0n) is 29.8. The van der Waals surface area contributed by atoms with Gasteiger partial charge in [-0.25, -0.2) is 0 Å². The molecular formula is C36H64O4Si2. The van der Waals surface area contributed by atoms with E-state index in [1.165, 1.54) is 11.1 Å². The second kappa shape index (κ2) is 13.8. The van der Waals surface area contributed by atoms with Gasteiger partial charge in [0.1, 0.15) is 5.76 Å². The van der Waals surface area contributed by atoms with E-state index in [-0.39, 0.29) is 23.1 Å². The Morgan fingerprint density at radius 2 is 1.52 bits per heavy atom. The maximum atomic E-state index is 14.8. The predicted molar refractivity (Wildman–Crippen MR) is 184 cm³/mol. The Morgan fingerprint density at radius 3 is 1.98 bits per heavy atom. The van der Waals surface area contributed by atoms with Gasteiger partial charge in [-0.1, -0.05) is 77.1 Å². The lowest BCUT2D eigenvalue weighted by Crippen LogP contribution is -2.62. The molecule has 0 amide bonds. The average Bonchev–Trinajstić information content (AvgIpc) is 2.88. The van der Waals surface area contributed by atoms with E-state index in [1.807, 2.05) is 0 Å². The highest BCUT2D eigenvalue weighted by molar-refractivity contribution is 6.87. The molecule has 6 heteroatoms. The highest BCUT2D eigenvalue weighted by atomic mass is 28.4. The van der Waals surface area contributed by atoms with Crippen LogP contribution >= 0.6 is 0 Å². The summed E-state index contributed by atoms with van der Waals surface area (Å²) in [5.41, 5.74) is 1.08. The minimum Gasteiger partial charge on any atom is -0.500 e. The molecule has 0 radical (unpaired) electrons. The summed E-state index contributed by atoms with van der Waals surface area (Å²) in [6.45, 7) is 28.8. The van der Waals surface area contributed by atoms with Crippen molar-refractivity contribution in [3.63, 3.8) is 0 Å². The molecule has 0 aliphatic heterocycles. The van der Waals surface area contributed by atoms with Gasteiger partial charge in [0.15, 0.2) is 19.9 Å². The summed E-state index contributed by atoms with van der Waals surface area (Å²) < 4.78 is 13.1. The quantitative estimate of drug-likeness (QED) is 0.104. The van der Waals surface area contributed by atoms with Crippen molar-refractivity contribution in [1.82, 2.24) is 0 Å². The van der Waals surface area contributed by atoms with E-state index in [0.29, 0.717) is 12.2 Å². The summed E-state index contributed by atoms with van der Waals surface area (Å²) >= 11 is 0. The Labute approximate surface area is 261 Å². The SMILES string of the molecule is CC[Si](CC)(CC)OC(C)(C)CCC[C@]1(C)[C@@H](CC=C(C)C)C[C@@]2(CC=C(C)C)C(=O)[C@H]1C(=O)C([Si](C)(C)C)=C2OC. The Balaban J connectivity index is 2.65. The van der Waals surface area contributed by atoms with E-state index in [0.717, 1.165) is 55.4 Å². The van der Waals surface area contributed by atoms with Crippen LogP contribution in [0.1, 0.15) is 108 Å². The van der Waals surface area contributed by atoms with Crippen LogP contribution < -0.4 is 0 Å². The van der Waals surface area contributed by atoms with Crippen molar-refractivity contribution in [2.24, 2.45) is 22.7 Å². The van der Waals surface area contributed by atoms with E-state index < -0.39 is 33.1 Å². The van der Waals surface area contributed by atoms with Gasteiger partial charge in [0.25, 0.3) is 0 Å². The number of hydrogen-bond donors (Lipinski definition) is 0. The first kappa shape index (κ1) is 36.9. The summed E-state index contributed by atoms with van der Waals surface area (Å²) in [5.74, 6) is 0.428. The number of methoxy groups -OCH3 is 1. The molecule has 2 bridgehead atoms. The van der Waals surface area contributed by atoms with E-state index in [4.69, 9.17) is 9.16 Å². The standard InChI is InChI=1S/C36H64O4Si2/c1-15-42(16-2,17-3)40-34(8,9)22-18-23-35(10)28(20-19-26(4)5)25-36(24-21-27(6)7)32(38)29(35)30(37)31(33(36)39-11)41(12,13)14/h19,21,28-29H,15-18,20,22-25H2,1-14H3/t28-,29+,35+,36-/m0/s1. The number of carbonyl (C=O) groups is 2. The van der Waals surface area contributed by atoms with Crippen LogP contribution in [-0.2, 0) is 18.8 Å². The third-order valence-corrected chi connectivity index (χ3v) is 17.5. The molecule has 0 spiro atoms. The fraction of sp³-hybridized carbons (Fsp3) is 0.778. The Kier molecular flexibility index (Phi) is 12.1. The van der Waals surface area contributed by atoms with Crippen molar-refractivity contribution in [3.05, 3.63) is 34.3 Å². The van der Waals surface area contributed by atoms with Gasteiger partial charge < -0.3 is 9.16 Å². The van der Waals surface area contributed by atoms with Crippen molar-refractivity contribution in [3.8, 4) is 0 Å². The molecule has 2 aliphatic rings. The fourth-order valence-corrected chi connectivity index (χ4v) is 13.0. The molecule has 0 heterocycles. The lowest BCUT2D eigenvalue weighted by atomic mass is 9.47. The van der Waals surface area contributed by atoms with Crippen LogP contribution in [0.4, 0.5) is 0 Å². The fourth-order valence-electron chi connectivity index (χ4n) is 7.92. The number of ketones is 2. The van der Waals surface area contributed by atoms with Gasteiger partial charge in [-0.3, -0.25) is 9.59 Å². The van der Waals surface area contributed by atoms with Crippen LogP contribution in [0.5, 0.6) is 0 Å². The number of carbonyl (C=O) groups excluding carboxylic acids is 2. The molecule has 4 atom stereocenters. The van der Waals surface area contributed by atoms with Crippen molar-refractivity contribution in [2.45, 2.75) is 151 Å². The van der Waals surface area contributed by atoms with E-state index in [9.17, 15) is 9.59 Å². The minimum absolute atomic E-state index is 0.0538. The highest BCUT2D eigenvalue weighted by Gasteiger charge is 2.66. The summed E-state index contributed by atoms with van der Waals surface area (Å²) in [7, 11) is -2.19. The molecule has 0 aromatic carbocycles.